The van der Waals surface area contributed by atoms with Gasteiger partial charge in [0.1, 0.15) is 61.3 Å². The van der Waals surface area contributed by atoms with Gasteiger partial charge in [-0.2, -0.15) is 27.3 Å². The molecule has 10 aromatic rings. The lowest BCUT2D eigenvalue weighted by atomic mass is 9.80. The first kappa shape index (κ1) is 87.0. The first-order valence-electron chi connectivity index (χ1n) is 39.3. The predicted molar refractivity (Wildman–Crippen MR) is 449 cm³/mol. The maximum Gasteiger partial charge on any atom is 0.409 e. The molecule has 0 spiro atoms. The molecule has 2 saturated heterocycles. The summed E-state index contributed by atoms with van der Waals surface area (Å²) in [5.74, 6) is 0.759. The second-order valence-corrected chi connectivity index (χ2v) is 32.5. The Bertz CT molecular complexity index is 5190. The van der Waals surface area contributed by atoms with Gasteiger partial charge in [0.2, 0.25) is 11.9 Å². The molecule has 8 unspecified atom stereocenters. The number of nitriles is 2. The number of nitrogens with one attached hydrogen (secondary N) is 4. The summed E-state index contributed by atoms with van der Waals surface area (Å²) in [6.07, 6.45) is 0.00294. The molecule has 6 heterocycles. The van der Waals surface area contributed by atoms with Crippen LogP contribution in [0, 0.1) is 22.7 Å². The van der Waals surface area contributed by atoms with Crippen molar-refractivity contribution in [3.8, 4) is 34.8 Å². The van der Waals surface area contributed by atoms with Gasteiger partial charge in [-0.3, -0.25) is 33.8 Å². The van der Waals surface area contributed by atoms with Gasteiger partial charge in [-0.15, -0.1) is 0 Å². The van der Waals surface area contributed by atoms with E-state index >= 15 is 0 Å². The van der Waals surface area contributed by atoms with Crippen molar-refractivity contribution in [2.45, 2.75) is 133 Å². The molecular weight excluding hydrogens is 1600 g/mol. The molecule has 0 saturated carbocycles. The van der Waals surface area contributed by atoms with Crippen molar-refractivity contribution in [2.75, 3.05) is 90.1 Å². The first-order chi connectivity index (χ1) is 58.4. The maximum atomic E-state index is 14.1. The van der Waals surface area contributed by atoms with Crippen molar-refractivity contribution < 1.29 is 75.0 Å². The van der Waals surface area contributed by atoms with Crippen LogP contribution in [0.1, 0.15) is 128 Å². The van der Waals surface area contributed by atoms with E-state index in [-0.39, 0.29) is 138 Å². The third-order valence-electron chi connectivity index (χ3n) is 20.5. The topological polar surface area (TPSA) is 376 Å². The van der Waals surface area contributed by atoms with Gasteiger partial charge < -0.3 is 71.3 Å². The number of imidazole rings is 2. The monoisotopic (exact) mass is 1690 g/mol. The van der Waals surface area contributed by atoms with Gasteiger partial charge in [-0.25, -0.2) is 34.2 Å². The molecule has 3 aliphatic rings. The summed E-state index contributed by atoms with van der Waals surface area (Å²) in [6.45, 7) is 8.43. The Hall–Kier alpha value is -10.9. The van der Waals surface area contributed by atoms with E-state index in [1.165, 1.54) is 23.9 Å². The Morgan fingerprint density at radius 2 is 1.26 bits per heavy atom. The third-order valence-corrected chi connectivity index (χ3v) is 24.4. The van der Waals surface area contributed by atoms with Crippen LogP contribution in [0.3, 0.4) is 0 Å². The van der Waals surface area contributed by atoms with Gasteiger partial charge in [0.05, 0.1) is 90.5 Å². The fourth-order valence-corrected chi connectivity index (χ4v) is 17.8. The van der Waals surface area contributed by atoms with Crippen LogP contribution < -0.4 is 31.0 Å². The number of aromatic nitrogens is 8. The Morgan fingerprint density at radius 3 is 1.88 bits per heavy atom. The third kappa shape index (κ3) is 20.8. The zero-order valence-corrected chi connectivity index (χ0v) is 70.2. The van der Waals surface area contributed by atoms with E-state index in [0.717, 1.165) is 44.5 Å². The average Bonchev–Trinajstić information content (AvgIpc) is 1.52. The number of hydrogen-bond acceptors (Lipinski definition) is 26. The molecule has 32 nitrogen and oxygen atoms in total. The molecule has 4 aromatic heterocycles. The van der Waals surface area contributed by atoms with E-state index in [2.05, 4.69) is 77.0 Å². The largest absolute Gasteiger partial charge is 0.497 e. The second-order valence-electron chi connectivity index (χ2n) is 28.9. The number of anilines is 2. The highest BCUT2D eigenvalue weighted by Crippen LogP contribution is 2.53. The minimum absolute atomic E-state index is 0.0263. The van der Waals surface area contributed by atoms with Crippen LogP contribution in [0.4, 0.5) is 21.4 Å². The molecule has 2 aliphatic heterocycles. The lowest BCUT2D eigenvalue weighted by Gasteiger charge is -2.37. The van der Waals surface area contributed by atoms with E-state index in [1.54, 1.807) is 66.4 Å². The van der Waals surface area contributed by atoms with Crippen LogP contribution in [0.25, 0.3) is 33.5 Å². The van der Waals surface area contributed by atoms with Gasteiger partial charge in [-0.1, -0.05) is 115 Å². The summed E-state index contributed by atoms with van der Waals surface area (Å²) in [6, 6.07) is 51.9. The van der Waals surface area contributed by atoms with E-state index in [1.807, 2.05) is 137 Å². The number of aromatic amines is 1. The van der Waals surface area contributed by atoms with Crippen molar-refractivity contribution in [1.29, 1.82) is 10.5 Å². The van der Waals surface area contributed by atoms with Crippen LogP contribution in [-0.2, 0) is 63.2 Å². The maximum absolute atomic E-state index is 14.1. The summed E-state index contributed by atoms with van der Waals surface area (Å²) >= 11 is 1.57. The van der Waals surface area contributed by atoms with Gasteiger partial charge in [0.15, 0.2) is 28.1 Å². The van der Waals surface area contributed by atoms with Crippen molar-refractivity contribution in [2.24, 2.45) is 0 Å². The van der Waals surface area contributed by atoms with Crippen LogP contribution in [0.15, 0.2) is 175 Å². The lowest BCUT2D eigenvalue weighted by molar-refractivity contribution is -0.116. The minimum Gasteiger partial charge on any atom is -0.497 e. The smallest absolute Gasteiger partial charge is 0.409 e. The quantitative estimate of drug-likeness (QED) is 0.0157. The Kier molecular flexibility index (Phi) is 30.0. The second kappa shape index (κ2) is 41.4. The molecular formula is C85H95N15O17P2S. The number of H-pyrrole nitrogens is 1. The molecule has 4 N–H and O–H groups in total. The summed E-state index contributed by atoms with van der Waals surface area (Å²) in [5, 5.41) is 28.1. The molecule has 628 valence electrons. The number of fused-ring (bicyclic) bond motifs is 5. The number of nitrogens with zero attached hydrogens (tertiary/aromatic N) is 11. The van der Waals surface area contributed by atoms with Gasteiger partial charge in [0, 0.05) is 68.7 Å². The van der Waals surface area contributed by atoms with E-state index < -0.39 is 89.2 Å². The Labute approximate surface area is 700 Å². The fourth-order valence-electron chi connectivity index (χ4n) is 14.7. The molecule has 0 radical (unpaired) electrons. The number of rotatable bonds is 40. The number of benzene rings is 6. The highest BCUT2D eigenvalue weighted by atomic mass is 32.2. The molecule has 13 rings (SSSR count). The number of methoxy groups -OCH3 is 2. The Balaban J connectivity index is 0.773. The number of amides is 4. The average molecular weight is 1690 g/mol. The molecule has 2 fully saturated rings. The molecule has 4 amide bonds. The van der Waals surface area contributed by atoms with Crippen LogP contribution in [0.5, 0.6) is 11.5 Å². The van der Waals surface area contributed by atoms with Gasteiger partial charge >= 0.3 is 20.8 Å². The first-order valence-corrected chi connectivity index (χ1v) is 42.9. The van der Waals surface area contributed by atoms with E-state index in [9.17, 15) is 34.5 Å². The van der Waals surface area contributed by atoms with E-state index in [0.29, 0.717) is 28.5 Å². The van der Waals surface area contributed by atoms with Crippen LogP contribution in [-0.4, -0.2) is 189 Å². The fraction of sp³-hybridized carbons (Fsp3) is 0.388. The normalized spacial score (nSPS) is 17.5. The molecule has 8 atom stereocenters. The number of hydrogen-bond donors (Lipinski definition) is 4. The van der Waals surface area contributed by atoms with Crippen molar-refractivity contribution in [3.05, 3.63) is 220 Å². The van der Waals surface area contributed by atoms with Gasteiger partial charge in [0.25, 0.3) is 20.0 Å². The number of thioether (sulfide) groups is 1. The standard InChI is InChI=1S/C85H95N15O17P2S/c1-54(2)100(55(3)4)118(111-41-17-38-86)116-68-45-73(98-52-91-75-77(89-51-90-78(75)98)94-80(102)57-28-26-56(27-29-57)47-88-83(104)108-43-44-120-8)115-71(68)50-113-119(112-42-18-39-87)117-69-46-74(114-70(69)49-110-85(58-19-10-9-11-20-58,59-30-34-61(106-6)35-31-59)60-32-36-62(107-7)37-33-60)99-53-92-76-79(99)95-82(96-81(76)103)93-72(101)25-16-40-97(5)84(105)109-48-67-65-23-14-12-21-63(65)64-22-13-15-24-66(64)67/h9-15,19-24,26-37,51-55,67-71,73-74H,16-18,25,40-50H2,1-8H3,(H,88,104)(H,89,90,94,102)(H2,93,95,96,101,103). The van der Waals surface area contributed by atoms with Crippen molar-refractivity contribution in [3.63, 3.8) is 0 Å². The minimum atomic E-state index is -2.48. The zero-order chi connectivity index (χ0) is 84.2. The van der Waals surface area contributed by atoms with Crippen LogP contribution >= 0.6 is 28.9 Å². The summed E-state index contributed by atoms with van der Waals surface area (Å²) in [5.41, 5.74) is 6.22. The zero-order valence-electron chi connectivity index (χ0n) is 67.6. The number of alkyl carbamates (subject to hydrolysis) is 1. The van der Waals surface area contributed by atoms with Crippen LogP contribution in [0.2, 0.25) is 0 Å². The predicted octanol–water partition coefficient (Wildman–Crippen LogP) is 14.2. The highest BCUT2D eigenvalue weighted by Gasteiger charge is 2.47. The molecule has 1 aliphatic carbocycles. The summed E-state index contributed by atoms with van der Waals surface area (Å²) < 4.78 is 83.5. The number of carbonyl (C=O) groups excluding carboxylic acids is 4. The molecule has 0 bridgehead atoms. The SMILES string of the molecule is COc1ccc(C(OCC2OC(n3cnc4c(=O)[nH]c(NC(=O)CCCN(C)C(=O)OCC5c6ccccc6-c6ccccc65)nc43)CC2OP(OCCC#N)OCC2OC(n3cnc4c(NC(=O)c5ccc(CNC(=O)OCCSC)cc5)ncnc43)CC2OP(OCCC#N)N(C(C)C)C(C)C)(c2ccccc2)c2ccc(OC)cc2)cc1. The molecule has 6 aromatic carbocycles. The summed E-state index contributed by atoms with van der Waals surface area (Å²) in [4.78, 5) is 94.6. The highest BCUT2D eigenvalue weighted by molar-refractivity contribution is 7.98. The van der Waals surface area contributed by atoms with Crippen molar-refractivity contribution in [1.82, 2.24) is 53.9 Å². The Morgan fingerprint density at radius 1 is 0.667 bits per heavy atom. The number of carbonyl (C=O) groups is 4. The summed E-state index contributed by atoms with van der Waals surface area (Å²) in [7, 11) is 0.425. The molecule has 120 heavy (non-hydrogen) atoms. The van der Waals surface area contributed by atoms with Gasteiger partial charge in [-0.05, 0) is 121 Å². The van der Waals surface area contributed by atoms with E-state index in [4.69, 9.17) is 65.7 Å². The van der Waals surface area contributed by atoms with Crippen molar-refractivity contribution >= 4 is 87.0 Å². The molecule has 35 heteroatoms. The number of ether oxygens (including phenoxy) is 7. The lowest BCUT2D eigenvalue weighted by Crippen LogP contribution is -2.38.